The number of likely N-dealkylation sites (tertiary alicyclic amines) is 1. The van der Waals surface area contributed by atoms with E-state index in [4.69, 9.17) is 0 Å². The minimum absolute atomic E-state index is 0.0399. The van der Waals surface area contributed by atoms with E-state index < -0.39 is 0 Å². The SMILES string of the molecule is O=C(CCCC(=O)c1ccccc1)NCC(Cc1ccccc1)N1CCCC1. The van der Waals surface area contributed by atoms with Gasteiger partial charge < -0.3 is 5.32 Å². The minimum Gasteiger partial charge on any atom is -0.355 e. The largest absolute Gasteiger partial charge is 0.355 e. The topological polar surface area (TPSA) is 49.4 Å². The third-order valence-electron chi connectivity index (χ3n) is 5.41. The van der Waals surface area contributed by atoms with E-state index in [1.165, 1.54) is 18.4 Å². The van der Waals surface area contributed by atoms with Gasteiger partial charge in [0.1, 0.15) is 0 Å². The predicted octanol–water partition coefficient (Wildman–Crippen LogP) is 3.86. The maximum atomic E-state index is 12.3. The Morgan fingerprint density at radius 2 is 1.54 bits per heavy atom. The van der Waals surface area contributed by atoms with Gasteiger partial charge >= 0.3 is 0 Å². The molecule has 1 fully saturated rings. The Bertz CT molecular complexity index is 740. The van der Waals surface area contributed by atoms with Crippen LogP contribution in [0.5, 0.6) is 0 Å². The second-order valence-electron chi connectivity index (χ2n) is 7.53. The van der Waals surface area contributed by atoms with Crippen LogP contribution in [0.25, 0.3) is 0 Å². The first-order chi connectivity index (χ1) is 13.7. The van der Waals surface area contributed by atoms with Crippen molar-refractivity contribution in [2.24, 2.45) is 0 Å². The van der Waals surface area contributed by atoms with Gasteiger partial charge in [-0.15, -0.1) is 0 Å². The van der Waals surface area contributed by atoms with Crippen LogP contribution in [-0.4, -0.2) is 42.3 Å². The molecule has 1 aliphatic heterocycles. The van der Waals surface area contributed by atoms with E-state index >= 15 is 0 Å². The van der Waals surface area contributed by atoms with Crippen LogP contribution in [0.3, 0.4) is 0 Å². The minimum atomic E-state index is 0.0399. The van der Waals surface area contributed by atoms with Crippen molar-refractivity contribution in [3.05, 3.63) is 71.8 Å². The molecule has 2 aromatic rings. The molecule has 1 saturated heterocycles. The Morgan fingerprint density at radius 3 is 2.21 bits per heavy atom. The van der Waals surface area contributed by atoms with Crippen LogP contribution < -0.4 is 5.32 Å². The quantitative estimate of drug-likeness (QED) is 0.639. The van der Waals surface area contributed by atoms with E-state index in [0.717, 1.165) is 25.1 Å². The molecule has 28 heavy (non-hydrogen) atoms. The lowest BCUT2D eigenvalue weighted by Gasteiger charge is -2.28. The van der Waals surface area contributed by atoms with Gasteiger partial charge in [-0.05, 0) is 44.3 Å². The zero-order chi connectivity index (χ0) is 19.6. The summed E-state index contributed by atoms with van der Waals surface area (Å²) in [6, 6.07) is 20.1. The van der Waals surface area contributed by atoms with Crippen LogP contribution in [0.1, 0.15) is 48.0 Å². The van der Waals surface area contributed by atoms with Crippen LogP contribution in [0.2, 0.25) is 0 Å². The maximum Gasteiger partial charge on any atom is 0.220 e. The molecule has 148 valence electrons. The molecule has 3 rings (SSSR count). The molecule has 1 heterocycles. The fourth-order valence-electron chi connectivity index (χ4n) is 3.82. The molecule has 1 atom stereocenters. The Hall–Kier alpha value is -2.46. The van der Waals surface area contributed by atoms with Crippen molar-refractivity contribution in [2.75, 3.05) is 19.6 Å². The van der Waals surface area contributed by atoms with Gasteiger partial charge in [0.25, 0.3) is 0 Å². The average Bonchev–Trinajstić information content (AvgIpc) is 3.27. The standard InChI is InChI=1S/C24H30N2O2/c27-23(21-12-5-2-6-13-21)14-9-15-24(28)25-19-22(26-16-7-8-17-26)18-20-10-3-1-4-11-20/h1-6,10-13,22H,7-9,14-19H2,(H,25,28). The summed E-state index contributed by atoms with van der Waals surface area (Å²) in [5, 5.41) is 3.10. The van der Waals surface area contributed by atoms with Crippen LogP contribution in [0.15, 0.2) is 60.7 Å². The van der Waals surface area contributed by atoms with E-state index in [9.17, 15) is 9.59 Å². The van der Waals surface area contributed by atoms with Gasteiger partial charge in [0.15, 0.2) is 5.78 Å². The smallest absolute Gasteiger partial charge is 0.220 e. The Morgan fingerprint density at radius 1 is 0.893 bits per heavy atom. The molecule has 1 unspecified atom stereocenters. The van der Waals surface area contributed by atoms with Crippen LogP contribution in [0, 0.1) is 0 Å². The average molecular weight is 379 g/mol. The summed E-state index contributed by atoms with van der Waals surface area (Å²) in [7, 11) is 0. The summed E-state index contributed by atoms with van der Waals surface area (Å²) in [6.07, 6.45) is 4.83. The maximum absolute atomic E-state index is 12.3. The number of carbonyl (C=O) groups is 2. The highest BCUT2D eigenvalue weighted by atomic mass is 16.1. The molecular formula is C24H30N2O2. The van der Waals surface area contributed by atoms with Crippen LogP contribution >= 0.6 is 0 Å². The van der Waals surface area contributed by atoms with Gasteiger partial charge in [-0.3, -0.25) is 14.5 Å². The number of hydrogen-bond donors (Lipinski definition) is 1. The molecular weight excluding hydrogens is 348 g/mol. The first kappa shape index (κ1) is 20.3. The third-order valence-corrected chi connectivity index (χ3v) is 5.41. The summed E-state index contributed by atoms with van der Waals surface area (Å²) in [6.45, 7) is 2.89. The summed E-state index contributed by atoms with van der Waals surface area (Å²) in [5.41, 5.74) is 2.03. The monoisotopic (exact) mass is 378 g/mol. The number of carbonyl (C=O) groups excluding carboxylic acids is 2. The number of ketones is 1. The zero-order valence-corrected chi connectivity index (χ0v) is 16.5. The van der Waals surface area contributed by atoms with E-state index in [-0.39, 0.29) is 11.7 Å². The highest BCUT2D eigenvalue weighted by Crippen LogP contribution is 2.15. The van der Waals surface area contributed by atoms with Crippen molar-refractivity contribution in [3.63, 3.8) is 0 Å². The molecule has 4 nitrogen and oxygen atoms in total. The summed E-state index contributed by atoms with van der Waals surface area (Å²) < 4.78 is 0. The first-order valence-electron chi connectivity index (χ1n) is 10.4. The Labute approximate surface area is 167 Å². The lowest BCUT2D eigenvalue weighted by molar-refractivity contribution is -0.121. The van der Waals surface area contributed by atoms with E-state index in [1.807, 2.05) is 36.4 Å². The molecule has 0 radical (unpaired) electrons. The molecule has 1 aliphatic rings. The molecule has 0 bridgehead atoms. The lowest BCUT2D eigenvalue weighted by Crippen LogP contribution is -2.44. The number of nitrogens with zero attached hydrogens (tertiary/aromatic N) is 1. The van der Waals surface area contributed by atoms with Crippen molar-refractivity contribution in [1.29, 1.82) is 0 Å². The van der Waals surface area contributed by atoms with Gasteiger partial charge in [0.05, 0.1) is 0 Å². The van der Waals surface area contributed by atoms with Gasteiger partial charge in [-0.25, -0.2) is 0 Å². The Kier molecular flexibility index (Phi) is 7.80. The summed E-state index contributed by atoms with van der Waals surface area (Å²) >= 11 is 0. The number of nitrogens with one attached hydrogen (secondary N) is 1. The van der Waals surface area contributed by atoms with E-state index in [0.29, 0.717) is 31.8 Å². The highest BCUT2D eigenvalue weighted by Gasteiger charge is 2.22. The molecule has 0 saturated carbocycles. The summed E-state index contributed by atoms with van der Waals surface area (Å²) in [5.74, 6) is 0.144. The van der Waals surface area contributed by atoms with Crippen LogP contribution in [0.4, 0.5) is 0 Å². The van der Waals surface area contributed by atoms with Crippen molar-refractivity contribution < 1.29 is 9.59 Å². The van der Waals surface area contributed by atoms with Crippen molar-refractivity contribution in [2.45, 2.75) is 44.6 Å². The third kappa shape index (κ3) is 6.31. The van der Waals surface area contributed by atoms with E-state index in [2.05, 4.69) is 34.5 Å². The second-order valence-corrected chi connectivity index (χ2v) is 7.53. The van der Waals surface area contributed by atoms with Gasteiger partial charge in [0.2, 0.25) is 5.91 Å². The van der Waals surface area contributed by atoms with Gasteiger partial charge in [-0.1, -0.05) is 60.7 Å². The Balaban J connectivity index is 1.43. The number of hydrogen-bond acceptors (Lipinski definition) is 3. The second kappa shape index (κ2) is 10.8. The lowest BCUT2D eigenvalue weighted by atomic mass is 10.0. The highest BCUT2D eigenvalue weighted by molar-refractivity contribution is 5.96. The number of rotatable bonds is 10. The molecule has 0 aromatic heterocycles. The van der Waals surface area contributed by atoms with Crippen LogP contribution in [-0.2, 0) is 11.2 Å². The predicted molar refractivity (Wildman–Crippen MR) is 112 cm³/mol. The molecule has 2 aromatic carbocycles. The van der Waals surface area contributed by atoms with Crippen molar-refractivity contribution in [3.8, 4) is 0 Å². The number of benzene rings is 2. The number of amides is 1. The molecule has 0 aliphatic carbocycles. The fourth-order valence-corrected chi connectivity index (χ4v) is 3.82. The van der Waals surface area contributed by atoms with E-state index in [1.54, 1.807) is 0 Å². The number of Topliss-reactive ketones (excluding diaryl/α,β-unsaturated/α-hetero) is 1. The normalized spacial score (nSPS) is 15.3. The molecule has 4 heteroatoms. The van der Waals surface area contributed by atoms with Gasteiger partial charge in [0, 0.05) is 31.0 Å². The summed E-state index contributed by atoms with van der Waals surface area (Å²) in [4.78, 5) is 26.9. The first-order valence-corrected chi connectivity index (χ1v) is 10.4. The molecule has 1 amide bonds. The van der Waals surface area contributed by atoms with Crippen molar-refractivity contribution in [1.82, 2.24) is 10.2 Å². The molecule has 1 N–H and O–H groups in total. The van der Waals surface area contributed by atoms with Crippen molar-refractivity contribution >= 4 is 11.7 Å². The fraction of sp³-hybridized carbons (Fsp3) is 0.417. The molecule has 0 spiro atoms. The zero-order valence-electron chi connectivity index (χ0n) is 16.5. The van der Waals surface area contributed by atoms with Gasteiger partial charge in [-0.2, -0.15) is 0 Å².